The molecule has 2 saturated carbocycles. The normalized spacial score (nSPS) is 29.6. The summed E-state index contributed by atoms with van der Waals surface area (Å²) in [4.78, 5) is 12.6. The van der Waals surface area contributed by atoms with Gasteiger partial charge in [-0.05, 0) is 61.8 Å². The molecule has 2 aliphatic carbocycles. The first kappa shape index (κ1) is 11.8. The van der Waals surface area contributed by atoms with Crippen molar-refractivity contribution in [1.82, 2.24) is 0 Å². The molecule has 3 rings (SSSR count). The molecule has 0 spiro atoms. The van der Waals surface area contributed by atoms with Crippen LogP contribution in [0.3, 0.4) is 0 Å². The number of carbonyl (C=O) groups excluding carboxylic acids is 1. The predicted molar refractivity (Wildman–Crippen MR) is 71.0 cm³/mol. The van der Waals surface area contributed by atoms with Crippen molar-refractivity contribution in [3.63, 3.8) is 0 Å². The number of ketones is 1. The molecular weight excluding hydrogens is 224 g/mol. The van der Waals surface area contributed by atoms with Crippen LogP contribution in [0.5, 0.6) is 5.75 Å². The minimum atomic E-state index is 0.288. The van der Waals surface area contributed by atoms with Crippen LogP contribution in [0.1, 0.15) is 41.6 Å². The van der Waals surface area contributed by atoms with Gasteiger partial charge in [0.25, 0.3) is 0 Å². The van der Waals surface area contributed by atoms with Gasteiger partial charge in [0.15, 0.2) is 5.78 Å². The van der Waals surface area contributed by atoms with Crippen LogP contribution in [-0.4, -0.2) is 12.9 Å². The van der Waals surface area contributed by atoms with E-state index < -0.39 is 0 Å². The van der Waals surface area contributed by atoms with Gasteiger partial charge in [-0.15, -0.1) is 0 Å². The van der Waals surface area contributed by atoms with E-state index in [1.165, 1.54) is 19.3 Å². The number of rotatable bonds is 3. The summed E-state index contributed by atoms with van der Waals surface area (Å²) in [5, 5.41) is 0. The predicted octanol–water partition coefficient (Wildman–Crippen LogP) is 3.62. The maximum atomic E-state index is 12.6. The second kappa shape index (κ2) is 4.42. The summed E-state index contributed by atoms with van der Waals surface area (Å²) in [6.45, 7) is 2.00. The standard InChI is InChI=1S/C16H20O2/c1-10-7-13(18-2)5-6-14(10)16(17)15-9-11-3-4-12(15)8-11/h5-7,11-12,15H,3-4,8-9H2,1-2H3. The van der Waals surface area contributed by atoms with Crippen molar-refractivity contribution in [2.45, 2.75) is 32.6 Å². The van der Waals surface area contributed by atoms with Crippen molar-refractivity contribution in [1.29, 1.82) is 0 Å². The van der Waals surface area contributed by atoms with E-state index in [-0.39, 0.29) is 5.92 Å². The lowest BCUT2D eigenvalue weighted by Crippen LogP contribution is -2.21. The molecule has 1 aromatic carbocycles. The van der Waals surface area contributed by atoms with Gasteiger partial charge in [0.05, 0.1) is 7.11 Å². The fourth-order valence-corrected chi connectivity index (χ4v) is 3.81. The van der Waals surface area contributed by atoms with E-state index in [4.69, 9.17) is 4.74 Å². The highest BCUT2D eigenvalue weighted by Crippen LogP contribution is 2.49. The number of hydrogen-bond acceptors (Lipinski definition) is 2. The molecular formula is C16H20O2. The summed E-state index contributed by atoms with van der Waals surface area (Å²) in [7, 11) is 1.66. The quantitative estimate of drug-likeness (QED) is 0.759. The third-order valence-electron chi connectivity index (χ3n) is 4.77. The Morgan fingerprint density at radius 3 is 2.67 bits per heavy atom. The number of ether oxygens (including phenoxy) is 1. The lowest BCUT2D eigenvalue weighted by molar-refractivity contribution is 0.0874. The Hall–Kier alpha value is -1.31. The molecule has 2 bridgehead atoms. The summed E-state index contributed by atoms with van der Waals surface area (Å²) in [5.41, 5.74) is 1.94. The molecule has 0 saturated heterocycles. The van der Waals surface area contributed by atoms with E-state index in [0.29, 0.717) is 11.7 Å². The monoisotopic (exact) mass is 244 g/mol. The number of Topliss-reactive ketones (excluding diaryl/α,β-unsaturated/α-hetero) is 1. The first-order valence-electron chi connectivity index (χ1n) is 6.88. The Morgan fingerprint density at radius 2 is 2.11 bits per heavy atom. The minimum absolute atomic E-state index is 0.288. The SMILES string of the molecule is COc1ccc(C(=O)C2CC3CCC2C3)c(C)c1. The first-order valence-corrected chi connectivity index (χ1v) is 6.88. The van der Waals surface area contributed by atoms with Crippen LogP contribution in [0.2, 0.25) is 0 Å². The highest BCUT2D eigenvalue weighted by Gasteiger charge is 2.43. The average molecular weight is 244 g/mol. The number of aryl methyl sites for hydroxylation is 1. The second-order valence-corrected chi connectivity index (χ2v) is 5.83. The molecule has 2 aliphatic rings. The number of carbonyl (C=O) groups is 1. The molecule has 0 N–H and O–H groups in total. The number of fused-ring (bicyclic) bond motifs is 2. The number of benzene rings is 1. The molecule has 1 aromatic rings. The smallest absolute Gasteiger partial charge is 0.166 e. The van der Waals surface area contributed by atoms with Crippen LogP contribution in [0.4, 0.5) is 0 Å². The topological polar surface area (TPSA) is 26.3 Å². The van der Waals surface area contributed by atoms with Crippen molar-refractivity contribution in [2.75, 3.05) is 7.11 Å². The fourth-order valence-electron chi connectivity index (χ4n) is 3.81. The van der Waals surface area contributed by atoms with E-state index in [1.54, 1.807) is 7.11 Å². The second-order valence-electron chi connectivity index (χ2n) is 5.83. The molecule has 0 aliphatic heterocycles. The van der Waals surface area contributed by atoms with Gasteiger partial charge < -0.3 is 4.74 Å². The summed E-state index contributed by atoms with van der Waals surface area (Å²) in [6, 6.07) is 5.79. The minimum Gasteiger partial charge on any atom is -0.497 e. The zero-order valence-electron chi connectivity index (χ0n) is 11.1. The highest BCUT2D eigenvalue weighted by atomic mass is 16.5. The Kier molecular flexibility index (Phi) is 2.89. The number of methoxy groups -OCH3 is 1. The third kappa shape index (κ3) is 1.84. The highest BCUT2D eigenvalue weighted by molar-refractivity contribution is 5.99. The van der Waals surface area contributed by atoms with Crippen molar-refractivity contribution < 1.29 is 9.53 Å². The van der Waals surface area contributed by atoms with Gasteiger partial charge in [-0.2, -0.15) is 0 Å². The van der Waals surface area contributed by atoms with E-state index >= 15 is 0 Å². The number of hydrogen-bond donors (Lipinski definition) is 0. The molecule has 96 valence electrons. The molecule has 2 heteroatoms. The Bertz CT molecular complexity index is 478. The third-order valence-corrected chi connectivity index (χ3v) is 4.77. The van der Waals surface area contributed by atoms with Crippen molar-refractivity contribution in [3.05, 3.63) is 29.3 Å². The lowest BCUT2D eigenvalue weighted by atomic mass is 9.82. The molecule has 0 radical (unpaired) electrons. The van der Waals surface area contributed by atoms with E-state index in [0.717, 1.165) is 29.2 Å². The van der Waals surface area contributed by atoms with Crippen molar-refractivity contribution >= 4 is 5.78 Å². The molecule has 0 aromatic heterocycles. The van der Waals surface area contributed by atoms with E-state index in [1.807, 2.05) is 25.1 Å². The molecule has 18 heavy (non-hydrogen) atoms. The Balaban J connectivity index is 1.84. The maximum Gasteiger partial charge on any atom is 0.166 e. The van der Waals surface area contributed by atoms with Crippen LogP contribution < -0.4 is 4.74 Å². The van der Waals surface area contributed by atoms with E-state index in [9.17, 15) is 4.79 Å². The molecule has 2 fully saturated rings. The van der Waals surface area contributed by atoms with Crippen molar-refractivity contribution in [2.24, 2.45) is 17.8 Å². The summed E-state index contributed by atoms with van der Waals surface area (Å²) < 4.78 is 5.19. The van der Waals surface area contributed by atoms with Gasteiger partial charge >= 0.3 is 0 Å². The zero-order chi connectivity index (χ0) is 12.7. The lowest BCUT2D eigenvalue weighted by Gasteiger charge is -2.21. The van der Waals surface area contributed by atoms with Crippen LogP contribution in [-0.2, 0) is 0 Å². The maximum absolute atomic E-state index is 12.6. The van der Waals surface area contributed by atoms with Crippen molar-refractivity contribution in [3.8, 4) is 5.75 Å². The first-order chi connectivity index (χ1) is 8.69. The molecule has 3 unspecified atom stereocenters. The van der Waals surface area contributed by atoms with Gasteiger partial charge in [0.1, 0.15) is 5.75 Å². The molecule has 0 heterocycles. The van der Waals surface area contributed by atoms with Gasteiger partial charge in [0, 0.05) is 11.5 Å². The Morgan fingerprint density at radius 1 is 1.28 bits per heavy atom. The van der Waals surface area contributed by atoms with E-state index in [2.05, 4.69) is 0 Å². The van der Waals surface area contributed by atoms with Gasteiger partial charge in [-0.25, -0.2) is 0 Å². The zero-order valence-corrected chi connectivity index (χ0v) is 11.1. The van der Waals surface area contributed by atoms with Gasteiger partial charge in [0.2, 0.25) is 0 Å². The molecule has 2 nitrogen and oxygen atoms in total. The fraction of sp³-hybridized carbons (Fsp3) is 0.562. The average Bonchev–Trinajstić information content (AvgIpc) is 3.00. The molecule has 0 amide bonds. The largest absolute Gasteiger partial charge is 0.497 e. The summed E-state index contributed by atoms with van der Waals surface area (Å²) >= 11 is 0. The molecule has 3 atom stereocenters. The summed E-state index contributed by atoms with van der Waals surface area (Å²) in [6.07, 6.45) is 5.01. The van der Waals surface area contributed by atoms with Crippen LogP contribution in [0.25, 0.3) is 0 Å². The van der Waals surface area contributed by atoms with Gasteiger partial charge in [-0.1, -0.05) is 6.42 Å². The van der Waals surface area contributed by atoms with Crippen LogP contribution in [0.15, 0.2) is 18.2 Å². The van der Waals surface area contributed by atoms with Crippen LogP contribution in [0, 0.1) is 24.7 Å². The Labute approximate surface area is 108 Å². The summed E-state index contributed by atoms with van der Waals surface area (Å²) in [5.74, 6) is 2.96. The van der Waals surface area contributed by atoms with Crippen LogP contribution >= 0.6 is 0 Å². The van der Waals surface area contributed by atoms with Gasteiger partial charge in [-0.3, -0.25) is 4.79 Å².